The summed E-state index contributed by atoms with van der Waals surface area (Å²) in [4.78, 5) is 28.5. The lowest BCUT2D eigenvalue weighted by Crippen LogP contribution is -2.53. The highest BCUT2D eigenvalue weighted by molar-refractivity contribution is 7.92. The number of nitrogens with zero attached hydrogens (tertiary/aromatic N) is 2. The molecule has 0 bridgehead atoms. The van der Waals surface area contributed by atoms with Crippen LogP contribution < -0.4 is 9.62 Å². The number of carbonyl (C=O) groups excluding carboxylic acids is 2. The van der Waals surface area contributed by atoms with E-state index >= 15 is 0 Å². The van der Waals surface area contributed by atoms with Gasteiger partial charge in [-0.05, 0) is 55.2 Å². The first-order valence-corrected chi connectivity index (χ1v) is 15.0. The summed E-state index contributed by atoms with van der Waals surface area (Å²) in [6, 6.07) is 21.1. The molecule has 2 amide bonds. The number of rotatable bonds is 13. The van der Waals surface area contributed by atoms with Crippen molar-refractivity contribution in [1.82, 2.24) is 10.2 Å². The molecule has 208 valence electrons. The van der Waals surface area contributed by atoms with Crippen LogP contribution in [0.15, 0.2) is 83.8 Å². The van der Waals surface area contributed by atoms with Gasteiger partial charge in [-0.3, -0.25) is 13.9 Å². The van der Waals surface area contributed by atoms with Gasteiger partial charge >= 0.3 is 0 Å². The van der Waals surface area contributed by atoms with Gasteiger partial charge in [-0.15, -0.1) is 0 Å². The van der Waals surface area contributed by atoms with E-state index in [0.29, 0.717) is 19.4 Å². The van der Waals surface area contributed by atoms with E-state index in [2.05, 4.69) is 5.32 Å². The monoisotopic (exact) mass is 589 g/mol. The third-order valence-electron chi connectivity index (χ3n) is 6.16. The van der Waals surface area contributed by atoms with Crippen LogP contribution in [0.5, 0.6) is 0 Å². The number of hydrogen-bond acceptors (Lipinski definition) is 4. The van der Waals surface area contributed by atoms with Crippen molar-refractivity contribution in [3.05, 3.63) is 94.5 Å². The van der Waals surface area contributed by atoms with Crippen molar-refractivity contribution in [3.8, 4) is 0 Å². The fraction of sp³-hybridized carbons (Fsp3) is 0.310. The van der Waals surface area contributed by atoms with Gasteiger partial charge in [-0.25, -0.2) is 8.42 Å². The lowest BCUT2D eigenvalue weighted by Gasteiger charge is -2.33. The highest BCUT2D eigenvalue weighted by atomic mass is 35.5. The van der Waals surface area contributed by atoms with E-state index in [-0.39, 0.29) is 33.1 Å². The van der Waals surface area contributed by atoms with E-state index in [1.54, 1.807) is 18.2 Å². The highest BCUT2D eigenvalue weighted by Crippen LogP contribution is 2.30. The Hall–Kier alpha value is -3.07. The lowest BCUT2D eigenvalue weighted by molar-refractivity contribution is -0.139. The molecule has 0 spiro atoms. The van der Waals surface area contributed by atoms with Crippen molar-refractivity contribution in [2.24, 2.45) is 0 Å². The molecule has 7 nitrogen and oxygen atoms in total. The van der Waals surface area contributed by atoms with Gasteiger partial charge < -0.3 is 10.2 Å². The summed E-state index contributed by atoms with van der Waals surface area (Å²) >= 11 is 12.4. The number of benzene rings is 3. The standard InChI is InChI=1S/C29H33Cl2N3O4S/c1-3-16-32-29(36)27(4-2)33(17-15-22-11-7-5-8-12-22)28(35)21-34(25-19-23(30)18-24(31)20-25)39(37,38)26-13-9-6-10-14-26/h5-14,18-20,27H,3-4,15-17,21H2,1-2H3,(H,32,36)/t27-/m0/s1. The first-order chi connectivity index (χ1) is 18.7. The van der Waals surface area contributed by atoms with Crippen LogP contribution in [0.3, 0.4) is 0 Å². The van der Waals surface area contributed by atoms with Crippen molar-refractivity contribution in [2.45, 2.75) is 44.0 Å². The molecule has 1 N–H and O–H groups in total. The molecule has 0 aliphatic carbocycles. The first kappa shape index (κ1) is 30.5. The maximum atomic E-state index is 13.9. The Kier molecular flexibility index (Phi) is 11.2. The highest BCUT2D eigenvalue weighted by Gasteiger charge is 2.33. The van der Waals surface area contributed by atoms with Crippen molar-refractivity contribution in [2.75, 3.05) is 23.9 Å². The third kappa shape index (κ3) is 8.21. The van der Waals surface area contributed by atoms with E-state index in [1.165, 1.54) is 35.2 Å². The summed E-state index contributed by atoms with van der Waals surface area (Å²) in [6.07, 6.45) is 1.61. The van der Waals surface area contributed by atoms with Gasteiger partial charge in [-0.1, -0.05) is 85.6 Å². The first-order valence-electron chi connectivity index (χ1n) is 12.8. The average molecular weight is 591 g/mol. The van der Waals surface area contributed by atoms with E-state index in [4.69, 9.17) is 23.2 Å². The van der Waals surface area contributed by atoms with Crippen molar-refractivity contribution >= 4 is 50.7 Å². The maximum absolute atomic E-state index is 13.9. The minimum Gasteiger partial charge on any atom is -0.354 e. The normalized spacial score (nSPS) is 12.0. The van der Waals surface area contributed by atoms with Crippen LogP contribution >= 0.6 is 23.2 Å². The fourth-order valence-corrected chi connectivity index (χ4v) is 6.13. The summed E-state index contributed by atoms with van der Waals surface area (Å²) < 4.78 is 28.6. The molecule has 0 radical (unpaired) electrons. The van der Waals surface area contributed by atoms with Gasteiger partial charge in [-0.2, -0.15) is 0 Å². The maximum Gasteiger partial charge on any atom is 0.264 e. The second-order valence-corrected chi connectivity index (χ2v) is 11.7. The molecule has 0 aliphatic heterocycles. The Morgan fingerprint density at radius 1 is 0.897 bits per heavy atom. The largest absolute Gasteiger partial charge is 0.354 e. The second kappa shape index (κ2) is 14.4. The Bertz CT molecular complexity index is 1340. The molecule has 0 saturated heterocycles. The molecule has 39 heavy (non-hydrogen) atoms. The van der Waals surface area contributed by atoms with Crippen LogP contribution in [0.4, 0.5) is 5.69 Å². The predicted molar refractivity (Wildman–Crippen MR) is 157 cm³/mol. The van der Waals surface area contributed by atoms with Gasteiger partial charge in [0, 0.05) is 23.1 Å². The van der Waals surface area contributed by atoms with Crippen LogP contribution in [0.1, 0.15) is 32.3 Å². The molecule has 0 aliphatic rings. The molecular weight excluding hydrogens is 557 g/mol. The Morgan fingerprint density at radius 2 is 1.49 bits per heavy atom. The van der Waals surface area contributed by atoms with Crippen LogP contribution in [0.2, 0.25) is 10.0 Å². The Morgan fingerprint density at radius 3 is 2.05 bits per heavy atom. The molecule has 10 heteroatoms. The molecule has 3 aromatic carbocycles. The van der Waals surface area contributed by atoms with Gasteiger partial charge in [0.05, 0.1) is 10.6 Å². The van der Waals surface area contributed by atoms with Gasteiger partial charge in [0.2, 0.25) is 11.8 Å². The van der Waals surface area contributed by atoms with E-state index in [0.717, 1.165) is 16.3 Å². The molecule has 3 rings (SSSR count). The summed E-state index contributed by atoms with van der Waals surface area (Å²) in [5.74, 6) is -0.788. The van der Waals surface area contributed by atoms with E-state index in [1.807, 2.05) is 44.2 Å². The number of halogens is 2. The Balaban J connectivity index is 2.02. The van der Waals surface area contributed by atoms with Crippen LogP contribution in [0, 0.1) is 0 Å². The van der Waals surface area contributed by atoms with E-state index in [9.17, 15) is 18.0 Å². The third-order valence-corrected chi connectivity index (χ3v) is 8.39. The Labute approximate surface area is 240 Å². The summed E-state index contributed by atoms with van der Waals surface area (Å²) in [7, 11) is -4.18. The average Bonchev–Trinajstić information content (AvgIpc) is 2.92. The molecule has 1 atom stereocenters. The number of carbonyl (C=O) groups is 2. The van der Waals surface area contributed by atoms with Crippen LogP contribution in [0.25, 0.3) is 0 Å². The minimum atomic E-state index is -4.18. The second-order valence-electron chi connectivity index (χ2n) is 8.99. The van der Waals surface area contributed by atoms with Gasteiger partial charge in [0.25, 0.3) is 10.0 Å². The number of hydrogen-bond donors (Lipinski definition) is 1. The summed E-state index contributed by atoms with van der Waals surface area (Å²) in [5, 5.41) is 3.33. The van der Waals surface area contributed by atoms with Crippen molar-refractivity contribution in [3.63, 3.8) is 0 Å². The molecule has 3 aromatic rings. The number of amides is 2. The molecule has 0 saturated carbocycles. The lowest BCUT2D eigenvalue weighted by atomic mass is 10.1. The quantitative estimate of drug-likeness (QED) is 0.282. The number of anilines is 1. The molecule has 0 aromatic heterocycles. The van der Waals surface area contributed by atoms with Gasteiger partial charge in [0.15, 0.2) is 0 Å². The zero-order valence-electron chi connectivity index (χ0n) is 22.0. The SMILES string of the molecule is CCCNC(=O)[C@H](CC)N(CCc1ccccc1)C(=O)CN(c1cc(Cl)cc(Cl)c1)S(=O)(=O)c1ccccc1. The minimum absolute atomic E-state index is 0.0115. The fourth-order valence-electron chi connectivity index (χ4n) is 4.19. The topological polar surface area (TPSA) is 86.8 Å². The zero-order valence-corrected chi connectivity index (χ0v) is 24.3. The predicted octanol–water partition coefficient (Wildman–Crippen LogP) is 5.56. The molecule has 0 fully saturated rings. The number of sulfonamides is 1. The molecular formula is C29H33Cl2N3O4S. The summed E-state index contributed by atoms with van der Waals surface area (Å²) in [6.45, 7) is 3.94. The van der Waals surface area contributed by atoms with Crippen LogP contribution in [-0.2, 0) is 26.0 Å². The van der Waals surface area contributed by atoms with Gasteiger partial charge in [0.1, 0.15) is 12.6 Å². The van der Waals surface area contributed by atoms with Crippen molar-refractivity contribution in [1.29, 1.82) is 0 Å². The smallest absolute Gasteiger partial charge is 0.264 e. The van der Waals surface area contributed by atoms with Crippen LogP contribution in [-0.4, -0.2) is 50.8 Å². The van der Waals surface area contributed by atoms with Crippen molar-refractivity contribution < 1.29 is 18.0 Å². The number of nitrogens with one attached hydrogen (secondary N) is 1. The molecule has 0 heterocycles. The molecule has 0 unspecified atom stereocenters. The van der Waals surface area contributed by atoms with E-state index < -0.39 is 28.5 Å². The zero-order chi connectivity index (χ0) is 28.4. The summed E-state index contributed by atoms with van der Waals surface area (Å²) in [5.41, 5.74) is 1.14.